The Morgan fingerprint density at radius 1 is 1.04 bits per heavy atom. The lowest BCUT2D eigenvalue weighted by atomic mass is 9.70. The SMILES string of the molecule is C[C@H]1CCC/S(=C/C(=O)N2CCN3CCOC[C@H]3C2)[C@@H]2CC[C@@H]2CN2C[C@@]3(CCCc4cc(Cl)ccc43)COc3ccc(cc32)C(=O)NC[C@@H]1C. The predicted octanol–water partition coefficient (Wildman–Crippen LogP) is 6.00. The number of aryl methyl sites for hydroxylation is 1. The number of rotatable bonds is 1. The normalized spacial score (nSPS) is 33.2. The summed E-state index contributed by atoms with van der Waals surface area (Å²) in [7, 11) is -0.104. The first kappa shape index (κ1) is 35.4. The van der Waals surface area contributed by atoms with Gasteiger partial charge in [-0.2, -0.15) is 10.5 Å². The quantitative estimate of drug-likeness (QED) is 0.363. The Kier molecular flexibility index (Phi) is 10.4. The number of nitrogens with zero attached hydrogens (tertiary/aromatic N) is 3. The lowest BCUT2D eigenvalue weighted by Gasteiger charge is -2.46. The number of amides is 2. The first-order valence-electron chi connectivity index (χ1n) is 19.5. The molecular formula is C41H55ClN4O4S. The van der Waals surface area contributed by atoms with E-state index in [1.54, 1.807) is 0 Å². The van der Waals surface area contributed by atoms with Gasteiger partial charge in [0, 0.05) is 72.4 Å². The minimum Gasteiger partial charge on any atom is -0.490 e. The van der Waals surface area contributed by atoms with E-state index in [-0.39, 0.29) is 27.7 Å². The number of hydrogen-bond acceptors (Lipinski definition) is 6. The molecule has 2 saturated heterocycles. The molecule has 8 nitrogen and oxygen atoms in total. The second-order valence-corrected chi connectivity index (χ2v) is 18.9. The molecule has 276 valence electrons. The highest BCUT2D eigenvalue weighted by Gasteiger charge is 2.44. The van der Waals surface area contributed by atoms with Crippen LogP contribution in [0, 0.1) is 17.8 Å². The number of anilines is 1. The molecule has 10 heteroatoms. The van der Waals surface area contributed by atoms with Crippen LogP contribution in [0.25, 0.3) is 0 Å². The number of benzene rings is 2. The molecule has 51 heavy (non-hydrogen) atoms. The molecule has 6 aliphatic rings. The first-order chi connectivity index (χ1) is 24.8. The third-order valence-electron chi connectivity index (χ3n) is 13.1. The zero-order valence-corrected chi connectivity index (χ0v) is 32.0. The fraction of sp³-hybridized carbons (Fsp3) is 0.634. The van der Waals surface area contributed by atoms with E-state index in [2.05, 4.69) is 57.4 Å². The lowest BCUT2D eigenvalue weighted by molar-refractivity contribution is -0.129. The van der Waals surface area contributed by atoms with Crippen molar-refractivity contribution in [3.63, 3.8) is 0 Å². The molecule has 2 aromatic rings. The van der Waals surface area contributed by atoms with Crippen LogP contribution in [0.5, 0.6) is 5.75 Å². The standard InChI is InChI=1S/C41H55ClN4O4S/c1-28-5-4-18-51(25-39(47)45-15-14-44-16-17-49-24-34(44)23-45)38-12-8-32(38)22-46-26-41(13-3-6-30-19-33(42)9-10-35(30)41)27-50-37-11-7-31(20-36(37)46)40(48)43-21-29(28)2/h7,9-11,19-20,25,28-29,32,34,38H,3-6,8,12-18,21-24,26-27H2,1-2H3,(H,43,48)/t28-,29-,32+,34+,38+,41-,51?/m0/s1. The van der Waals surface area contributed by atoms with Crippen molar-refractivity contribution in [1.82, 2.24) is 15.1 Å². The minimum absolute atomic E-state index is 0.0164. The van der Waals surface area contributed by atoms with E-state index in [0.717, 1.165) is 113 Å². The molecule has 2 bridgehead atoms. The second kappa shape index (κ2) is 15.0. The van der Waals surface area contributed by atoms with Crippen molar-refractivity contribution in [3.8, 4) is 5.75 Å². The summed E-state index contributed by atoms with van der Waals surface area (Å²) >= 11 is 6.51. The van der Waals surface area contributed by atoms with E-state index in [1.165, 1.54) is 17.5 Å². The number of piperazine rings is 1. The van der Waals surface area contributed by atoms with Crippen LogP contribution in [0.4, 0.5) is 5.69 Å². The van der Waals surface area contributed by atoms with Gasteiger partial charge in [0.15, 0.2) is 0 Å². The Bertz CT molecular complexity index is 1670. The number of hydrogen-bond donors (Lipinski definition) is 1. The fourth-order valence-corrected chi connectivity index (χ4v) is 12.4. The van der Waals surface area contributed by atoms with Gasteiger partial charge in [0.05, 0.1) is 31.5 Å². The summed E-state index contributed by atoms with van der Waals surface area (Å²) < 4.78 is 12.5. The van der Waals surface area contributed by atoms with Crippen molar-refractivity contribution in [2.45, 2.75) is 75.5 Å². The smallest absolute Gasteiger partial charge is 0.252 e. The average Bonchev–Trinajstić information content (AvgIpc) is 3.28. The number of halogens is 1. The molecule has 0 radical (unpaired) electrons. The maximum absolute atomic E-state index is 14.0. The van der Waals surface area contributed by atoms with E-state index < -0.39 is 0 Å². The van der Waals surface area contributed by atoms with Crippen LogP contribution in [0.1, 0.15) is 73.9 Å². The van der Waals surface area contributed by atoms with Crippen molar-refractivity contribution in [2.75, 3.05) is 76.3 Å². The van der Waals surface area contributed by atoms with Crippen LogP contribution in [-0.2, 0) is 21.4 Å². The Morgan fingerprint density at radius 3 is 2.80 bits per heavy atom. The second-order valence-electron chi connectivity index (χ2n) is 16.3. The van der Waals surface area contributed by atoms with E-state index in [4.69, 9.17) is 21.1 Å². The molecular weight excluding hydrogens is 680 g/mol. The van der Waals surface area contributed by atoms with E-state index >= 15 is 0 Å². The number of carbonyl (C=O) groups is 2. The molecule has 4 heterocycles. The van der Waals surface area contributed by atoms with Gasteiger partial charge in [-0.3, -0.25) is 14.5 Å². The largest absolute Gasteiger partial charge is 0.490 e. The van der Waals surface area contributed by atoms with E-state index in [1.807, 2.05) is 18.2 Å². The highest BCUT2D eigenvalue weighted by Crippen LogP contribution is 2.48. The lowest BCUT2D eigenvalue weighted by Crippen LogP contribution is -2.59. The minimum atomic E-state index is -0.167. The predicted molar refractivity (Wildman–Crippen MR) is 208 cm³/mol. The van der Waals surface area contributed by atoms with Gasteiger partial charge in [0.1, 0.15) is 5.75 Å². The van der Waals surface area contributed by atoms with Crippen LogP contribution < -0.4 is 15.0 Å². The summed E-state index contributed by atoms with van der Waals surface area (Å²) in [6.45, 7) is 12.5. The van der Waals surface area contributed by atoms with Gasteiger partial charge in [0.25, 0.3) is 11.8 Å². The van der Waals surface area contributed by atoms with Crippen molar-refractivity contribution < 1.29 is 19.1 Å². The summed E-state index contributed by atoms with van der Waals surface area (Å²) in [6.07, 6.45) is 7.71. The molecule has 1 saturated carbocycles. The monoisotopic (exact) mass is 734 g/mol. The number of morpholine rings is 1. The summed E-state index contributed by atoms with van der Waals surface area (Å²) in [4.78, 5) is 34.8. The highest BCUT2D eigenvalue weighted by atomic mass is 35.5. The van der Waals surface area contributed by atoms with Gasteiger partial charge < -0.3 is 24.6 Å². The van der Waals surface area contributed by atoms with Crippen LogP contribution in [-0.4, -0.2) is 110 Å². The summed E-state index contributed by atoms with van der Waals surface area (Å²) in [6, 6.07) is 12.8. The summed E-state index contributed by atoms with van der Waals surface area (Å²) in [5.74, 6) is 3.44. The average molecular weight is 735 g/mol. The number of ether oxygens (including phenoxy) is 2. The zero-order chi connectivity index (χ0) is 35.1. The van der Waals surface area contributed by atoms with Crippen molar-refractivity contribution in [2.24, 2.45) is 17.8 Å². The van der Waals surface area contributed by atoms with Gasteiger partial charge in [-0.05, 0) is 110 Å². The van der Waals surface area contributed by atoms with Gasteiger partial charge in [-0.1, -0.05) is 31.5 Å². The van der Waals surface area contributed by atoms with Crippen LogP contribution >= 0.6 is 22.1 Å². The molecule has 7 atom stereocenters. The molecule has 2 aromatic carbocycles. The molecule has 2 aliphatic carbocycles. The summed E-state index contributed by atoms with van der Waals surface area (Å²) in [5.41, 5.74) is 4.23. The van der Waals surface area contributed by atoms with Crippen LogP contribution in [0.3, 0.4) is 0 Å². The molecule has 1 spiro atoms. The topological polar surface area (TPSA) is 74.3 Å². The van der Waals surface area contributed by atoms with Crippen molar-refractivity contribution in [1.29, 1.82) is 0 Å². The first-order valence-corrected chi connectivity index (χ1v) is 21.4. The maximum atomic E-state index is 14.0. The molecule has 8 rings (SSSR count). The molecule has 1 unspecified atom stereocenters. The zero-order valence-electron chi connectivity index (χ0n) is 30.4. The van der Waals surface area contributed by atoms with E-state index in [9.17, 15) is 9.59 Å². The third kappa shape index (κ3) is 7.34. The van der Waals surface area contributed by atoms with Crippen molar-refractivity contribution >= 4 is 45.0 Å². The molecule has 3 fully saturated rings. The van der Waals surface area contributed by atoms with E-state index in [0.29, 0.717) is 47.8 Å². The molecule has 1 N–H and O–H groups in total. The number of carbonyl (C=O) groups excluding carboxylic acids is 2. The number of fused-ring (bicyclic) bond motifs is 5. The fourth-order valence-electron chi connectivity index (χ4n) is 9.55. The van der Waals surface area contributed by atoms with Gasteiger partial charge >= 0.3 is 0 Å². The van der Waals surface area contributed by atoms with Gasteiger partial charge in [0.2, 0.25) is 0 Å². The summed E-state index contributed by atoms with van der Waals surface area (Å²) in [5, 5.41) is 6.69. The Morgan fingerprint density at radius 2 is 1.94 bits per heavy atom. The molecule has 0 aromatic heterocycles. The number of nitrogens with one attached hydrogen (secondary N) is 1. The van der Waals surface area contributed by atoms with Gasteiger partial charge in [-0.25, -0.2) is 0 Å². The van der Waals surface area contributed by atoms with Crippen LogP contribution in [0.2, 0.25) is 5.02 Å². The Hall–Kier alpha value is -2.59. The highest BCUT2D eigenvalue weighted by molar-refractivity contribution is 8.16. The maximum Gasteiger partial charge on any atom is 0.252 e. The van der Waals surface area contributed by atoms with Gasteiger partial charge in [-0.15, -0.1) is 0 Å². The molecule has 4 aliphatic heterocycles. The molecule has 2 amide bonds. The van der Waals surface area contributed by atoms with Crippen LogP contribution in [0.15, 0.2) is 36.4 Å². The van der Waals surface area contributed by atoms with Crippen molar-refractivity contribution in [3.05, 3.63) is 58.1 Å². The Labute approximate surface area is 311 Å². The Balaban J connectivity index is 1.12. The third-order valence-corrected chi connectivity index (χ3v) is 16.0.